The highest BCUT2D eigenvalue weighted by Crippen LogP contribution is 2.13. The molecule has 6 heteroatoms. The third-order valence-corrected chi connectivity index (χ3v) is 2.18. The summed E-state index contributed by atoms with van der Waals surface area (Å²) >= 11 is 5.77. The molecular weight excluding hydrogens is 243 g/mol. The van der Waals surface area contributed by atoms with Crippen LogP contribution < -0.4 is 5.43 Å². The molecule has 2 rings (SSSR count). The van der Waals surface area contributed by atoms with Crippen LogP contribution in [0.1, 0.15) is 5.56 Å². The van der Waals surface area contributed by atoms with Gasteiger partial charge < -0.3 is 0 Å². The number of hydrogen-bond donors (Lipinski definition) is 1. The van der Waals surface area contributed by atoms with Crippen molar-refractivity contribution in [3.63, 3.8) is 0 Å². The van der Waals surface area contributed by atoms with Crippen molar-refractivity contribution in [2.75, 3.05) is 5.43 Å². The van der Waals surface area contributed by atoms with Crippen LogP contribution in [0.2, 0.25) is 5.15 Å². The molecule has 0 amide bonds. The second-order valence-electron chi connectivity index (χ2n) is 3.12. The molecule has 0 atom stereocenters. The largest absolute Gasteiger partial charge is 0.259 e. The van der Waals surface area contributed by atoms with Gasteiger partial charge in [0.15, 0.2) is 11.0 Å². The van der Waals surface area contributed by atoms with Gasteiger partial charge in [-0.1, -0.05) is 23.7 Å². The minimum absolute atomic E-state index is 0.240. The van der Waals surface area contributed by atoms with E-state index < -0.39 is 0 Å². The predicted octanol–water partition coefficient (Wildman–Crippen LogP) is 2.72. The standard InChI is InChI=1S/C11H8ClFN4/c12-10-11(15-6-5-14-10)17-16-7-8-1-3-9(13)4-2-8/h1-7H,(H,15,17)/b16-7-. The Morgan fingerprint density at radius 2 is 1.88 bits per heavy atom. The number of benzene rings is 1. The van der Waals surface area contributed by atoms with Gasteiger partial charge in [-0.3, -0.25) is 5.43 Å². The van der Waals surface area contributed by atoms with Gasteiger partial charge in [-0.25, -0.2) is 14.4 Å². The summed E-state index contributed by atoms with van der Waals surface area (Å²) in [6.45, 7) is 0. The highest BCUT2D eigenvalue weighted by atomic mass is 35.5. The lowest BCUT2D eigenvalue weighted by Gasteiger charge is -1.99. The SMILES string of the molecule is Fc1ccc(/C=N\Nc2nccnc2Cl)cc1. The maximum atomic E-state index is 12.6. The fourth-order valence-corrected chi connectivity index (χ4v) is 1.26. The second kappa shape index (κ2) is 5.36. The summed E-state index contributed by atoms with van der Waals surface area (Å²) < 4.78 is 12.6. The highest BCUT2D eigenvalue weighted by molar-refractivity contribution is 6.31. The van der Waals surface area contributed by atoms with Crippen LogP contribution in [0.3, 0.4) is 0 Å². The molecule has 0 aliphatic heterocycles. The summed E-state index contributed by atoms with van der Waals surface area (Å²) in [5.74, 6) is 0.0830. The van der Waals surface area contributed by atoms with Gasteiger partial charge >= 0.3 is 0 Å². The number of hydrogen-bond acceptors (Lipinski definition) is 4. The molecule has 4 nitrogen and oxygen atoms in total. The van der Waals surface area contributed by atoms with Crippen LogP contribution in [-0.2, 0) is 0 Å². The van der Waals surface area contributed by atoms with Gasteiger partial charge in [0.05, 0.1) is 6.21 Å². The molecule has 0 aliphatic carbocycles. The topological polar surface area (TPSA) is 50.2 Å². The molecule has 0 spiro atoms. The van der Waals surface area contributed by atoms with E-state index in [4.69, 9.17) is 11.6 Å². The maximum Gasteiger partial charge on any atom is 0.184 e. The van der Waals surface area contributed by atoms with Gasteiger partial charge in [-0.15, -0.1) is 0 Å². The zero-order valence-electron chi connectivity index (χ0n) is 8.64. The average Bonchev–Trinajstić information content (AvgIpc) is 2.34. The quantitative estimate of drug-likeness (QED) is 0.673. The van der Waals surface area contributed by atoms with Crippen molar-refractivity contribution in [3.05, 3.63) is 53.2 Å². The Morgan fingerprint density at radius 3 is 2.59 bits per heavy atom. The minimum Gasteiger partial charge on any atom is -0.259 e. The van der Waals surface area contributed by atoms with E-state index in [-0.39, 0.29) is 11.0 Å². The Bertz CT molecular complexity index is 527. The van der Waals surface area contributed by atoms with Crippen LogP contribution in [0.25, 0.3) is 0 Å². The molecule has 2 aromatic rings. The van der Waals surface area contributed by atoms with E-state index in [1.807, 2.05) is 0 Å². The van der Waals surface area contributed by atoms with Crippen molar-refractivity contribution >= 4 is 23.6 Å². The number of aromatic nitrogens is 2. The first-order chi connectivity index (χ1) is 8.25. The van der Waals surface area contributed by atoms with E-state index in [1.165, 1.54) is 30.7 Å². The zero-order valence-corrected chi connectivity index (χ0v) is 9.39. The van der Waals surface area contributed by atoms with Gasteiger partial charge in [0, 0.05) is 12.4 Å². The van der Waals surface area contributed by atoms with Crippen molar-refractivity contribution in [2.45, 2.75) is 0 Å². The molecule has 0 saturated heterocycles. The highest BCUT2D eigenvalue weighted by Gasteiger charge is 1.98. The summed E-state index contributed by atoms with van der Waals surface area (Å²) in [7, 11) is 0. The third-order valence-electron chi connectivity index (χ3n) is 1.91. The van der Waals surface area contributed by atoms with Gasteiger partial charge in [-0.05, 0) is 17.7 Å². The number of nitrogens with zero attached hydrogens (tertiary/aromatic N) is 3. The van der Waals surface area contributed by atoms with E-state index in [9.17, 15) is 4.39 Å². The smallest absolute Gasteiger partial charge is 0.184 e. The monoisotopic (exact) mass is 250 g/mol. The number of hydrazone groups is 1. The average molecular weight is 251 g/mol. The Balaban J connectivity index is 2.03. The lowest BCUT2D eigenvalue weighted by Crippen LogP contribution is -1.95. The second-order valence-corrected chi connectivity index (χ2v) is 3.48. The molecule has 1 N–H and O–H groups in total. The van der Waals surface area contributed by atoms with E-state index >= 15 is 0 Å². The van der Waals surface area contributed by atoms with Gasteiger partial charge in [0.1, 0.15) is 5.82 Å². The maximum absolute atomic E-state index is 12.6. The van der Waals surface area contributed by atoms with Crippen molar-refractivity contribution in [1.29, 1.82) is 0 Å². The van der Waals surface area contributed by atoms with Gasteiger partial charge in [0.25, 0.3) is 0 Å². The fraction of sp³-hybridized carbons (Fsp3) is 0. The third kappa shape index (κ3) is 3.22. The normalized spacial score (nSPS) is 10.7. The first kappa shape index (κ1) is 11.5. The molecular formula is C11H8ClFN4. The number of rotatable bonds is 3. The molecule has 0 unspecified atom stereocenters. The first-order valence-corrected chi connectivity index (χ1v) is 5.14. The van der Waals surface area contributed by atoms with Crippen molar-refractivity contribution < 1.29 is 4.39 Å². The lowest BCUT2D eigenvalue weighted by molar-refractivity contribution is 0.628. The fourth-order valence-electron chi connectivity index (χ4n) is 1.11. The Labute approximate surface area is 102 Å². The predicted molar refractivity (Wildman–Crippen MR) is 64.7 cm³/mol. The van der Waals surface area contributed by atoms with E-state index in [0.29, 0.717) is 5.82 Å². The molecule has 86 valence electrons. The molecule has 0 aliphatic rings. The summed E-state index contributed by atoms with van der Waals surface area (Å²) in [5, 5.41) is 4.16. The van der Waals surface area contributed by atoms with E-state index in [0.717, 1.165) is 5.56 Å². The van der Waals surface area contributed by atoms with Gasteiger partial charge in [0.2, 0.25) is 0 Å². The Kier molecular flexibility index (Phi) is 3.62. The number of halogens is 2. The van der Waals surface area contributed by atoms with E-state index in [1.54, 1.807) is 12.1 Å². The lowest BCUT2D eigenvalue weighted by atomic mass is 10.2. The van der Waals surface area contributed by atoms with Crippen molar-refractivity contribution in [1.82, 2.24) is 9.97 Å². The van der Waals surface area contributed by atoms with Crippen molar-refractivity contribution in [2.24, 2.45) is 5.10 Å². The Morgan fingerprint density at radius 1 is 1.18 bits per heavy atom. The molecule has 17 heavy (non-hydrogen) atoms. The molecule has 0 saturated carbocycles. The first-order valence-electron chi connectivity index (χ1n) is 4.77. The molecule has 0 bridgehead atoms. The van der Waals surface area contributed by atoms with Crippen LogP contribution in [0.5, 0.6) is 0 Å². The molecule has 0 radical (unpaired) electrons. The number of anilines is 1. The minimum atomic E-state index is -0.285. The van der Waals surface area contributed by atoms with Crippen LogP contribution in [0, 0.1) is 5.82 Å². The Hall–Kier alpha value is -2.01. The van der Waals surface area contributed by atoms with Crippen LogP contribution in [0.4, 0.5) is 10.2 Å². The van der Waals surface area contributed by atoms with E-state index in [2.05, 4.69) is 20.5 Å². The van der Waals surface area contributed by atoms with Gasteiger partial charge in [-0.2, -0.15) is 5.10 Å². The molecule has 1 heterocycles. The van der Waals surface area contributed by atoms with Crippen LogP contribution in [0.15, 0.2) is 41.8 Å². The summed E-state index contributed by atoms with van der Waals surface area (Å²) in [6.07, 6.45) is 4.52. The molecule has 0 fully saturated rings. The van der Waals surface area contributed by atoms with Crippen molar-refractivity contribution in [3.8, 4) is 0 Å². The molecule has 1 aromatic carbocycles. The summed E-state index contributed by atoms with van der Waals surface area (Å²) in [4.78, 5) is 7.78. The van der Waals surface area contributed by atoms with Crippen LogP contribution >= 0.6 is 11.6 Å². The summed E-state index contributed by atoms with van der Waals surface area (Å²) in [5.41, 5.74) is 3.41. The number of nitrogens with one attached hydrogen (secondary N) is 1. The van der Waals surface area contributed by atoms with Crippen LogP contribution in [-0.4, -0.2) is 16.2 Å². The zero-order chi connectivity index (χ0) is 12.1. The summed E-state index contributed by atoms with van der Waals surface area (Å²) in [6, 6.07) is 5.94. The molecule has 1 aromatic heterocycles.